The third kappa shape index (κ3) is 4.55. The van der Waals surface area contributed by atoms with Crippen LogP contribution in [0.5, 0.6) is 0 Å². The van der Waals surface area contributed by atoms with Crippen molar-refractivity contribution in [3.05, 3.63) is 139 Å². The van der Waals surface area contributed by atoms with E-state index in [9.17, 15) is 0 Å². The van der Waals surface area contributed by atoms with E-state index < -0.39 is 0 Å². The first-order chi connectivity index (χ1) is 22.3. The molecule has 5 aliphatic rings. The molecule has 0 saturated heterocycles. The Labute approximate surface area is 266 Å². The maximum absolute atomic E-state index is 6.37. The summed E-state index contributed by atoms with van der Waals surface area (Å²) in [6.45, 7) is 0. The van der Waals surface area contributed by atoms with Crippen molar-refractivity contribution in [2.45, 2.75) is 62.9 Å². The first kappa shape index (κ1) is 26.9. The number of furan rings is 1. The van der Waals surface area contributed by atoms with E-state index in [1.807, 2.05) is 0 Å². The lowest BCUT2D eigenvalue weighted by Crippen LogP contribution is -2.42. The molecule has 1 aliphatic heterocycles. The molecule has 0 spiro atoms. The predicted octanol–water partition coefficient (Wildman–Crippen LogP) is 11.0. The molecule has 9 rings (SSSR count). The van der Waals surface area contributed by atoms with Gasteiger partial charge in [-0.15, -0.1) is 0 Å². The van der Waals surface area contributed by atoms with Gasteiger partial charge in [0.1, 0.15) is 11.2 Å². The lowest BCUT2D eigenvalue weighted by atomic mass is 9.72. The van der Waals surface area contributed by atoms with E-state index in [2.05, 4.69) is 137 Å². The Morgan fingerprint density at radius 1 is 0.778 bits per heavy atom. The molecule has 4 aromatic rings. The van der Waals surface area contributed by atoms with E-state index in [0.717, 1.165) is 36.3 Å². The molecule has 45 heavy (non-hydrogen) atoms. The zero-order valence-electron chi connectivity index (χ0n) is 25.8. The maximum atomic E-state index is 6.37. The van der Waals surface area contributed by atoms with Crippen molar-refractivity contribution in [1.82, 2.24) is 0 Å². The fourth-order valence-corrected chi connectivity index (χ4v) is 8.78. The van der Waals surface area contributed by atoms with Gasteiger partial charge in [0.25, 0.3) is 0 Å². The van der Waals surface area contributed by atoms with Gasteiger partial charge >= 0.3 is 0 Å². The summed E-state index contributed by atoms with van der Waals surface area (Å²) in [4.78, 5) is 5.26. The average molecular weight is 589 g/mol. The van der Waals surface area contributed by atoms with E-state index >= 15 is 0 Å². The predicted molar refractivity (Wildman–Crippen MR) is 188 cm³/mol. The van der Waals surface area contributed by atoms with Gasteiger partial charge in [-0.3, -0.25) is 0 Å². The number of fused-ring (bicyclic) bond motifs is 6. The van der Waals surface area contributed by atoms with Crippen molar-refractivity contribution in [1.29, 1.82) is 0 Å². The van der Waals surface area contributed by atoms with Crippen molar-refractivity contribution < 1.29 is 4.42 Å². The van der Waals surface area contributed by atoms with Crippen LogP contribution in [0.4, 0.5) is 17.1 Å². The van der Waals surface area contributed by atoms with Gasteiger partial charge in [-0.2, -0.15) is 0 Å². The minimum atomic E-state index is 0.391. The van der Waals surface area contributed by atoms with Crippen molar-refractivity contribution in [2.75, 3.05) is 9.80 Å². The Balaban J connectivity index is 1.19. The summed E-state index contributed by atoms with van der Waals surface area (Å²) in [6, 6.07) is 23.1. The van der Waals surface area contributed by atoms with Gasteiger partial charge in [-0.25, -0.2) is 0 Å². The van der Waals surface area contributed by atoms with Crippen LogP contribution in [-0.2, 0) is 0 Å². The first-order valence-corrected chi connectivity index (χ1v) is 17.0. The maximum Gasteiger partial charge on any atom is 0.137 e. The molecule has 0 amide bonds. The number of nitrogens with zero attached hydrogens (tertiary/aromatic N) is 2. The second-order valence-electron chi connectivity index (χ2n) is 13.4. The topological polar surface area (TPSA) is 19.6 Å². The van der Waals surface area contributed by atoms with Crippen LogP contribution in [0.3, 0.4) is 0 Å². The van der Waals surface area contributed by atoms with E-state index in [4.69, 9.17) is 4.42 Å². The van der Waals surface area contributed by atoms with Gasteiger partial charge in [0.2, 0.25) is 0 Å². The standard InChI is InChI=1S/C42H40N2O/c1-4-13-29(14-5-1)30-23-25-37-35(27-30)36-28-33(24-26-38(36)44(37)32-17-8-3-9-18-32)43(31-15-6-2-7-16-31)39-20-12-22-41-42(39)34-19-10-11-21-40(34)45-41/h1-4,6,8-12,15,17,19-26,28-30,32,35,37H,5,7,13-14,16,18,27H2. The highest BCUT2D eigenvalue weighted by Crippen LogP contribution is 2.52. The Kier molecular flexibility index (Phi) is 6.65. The van der Waals surface area contributed by atoms with Crippen molar-refractivity contribution >= 4 is 39.0 Å². The molecule has 4 aliphatic carbocycles. The summed E-state index contributed by atoms with van der Waals surface area (Å²) < 4.78 is 6.37. The fourth-order valence-electron chi connectivity index (χ4n) is 8.78. The van der Waals surface area contributed by atoms with Gasteiger partial charge in [0.15, 0.2) is 0 Å². The Bertz CT molecular complexity index is 1950. The number of hydrogen-bond acceptors (Lipinski definition) is 3. The minimum Gasteiger partial charge on any atom is -0.456 e. The zero-order chi connectivity index (χ0) is 29.7. The zero-order valence-corrected chi connectivity index (χ0v) is 25.8. The molecule has 3 heteroatoms. The highest BCUT2D eigenvalue weighted by atomic mass is 16.3. The molecule has 5 atom stereocenters. The average Bonchev–Trinajstić information content (AvgIpc) is 3.65. The lowest BCUT2D eigenvalue weighted by molar-refractivity contribution is 0.308. The number of benzene rings is 3. The number of hydrogen-bond donors (Lipinski definition) is 0. The van der Waals surface area contributed by atoms with Crippen LogP contribution in [0.1, 0.15) is 56.4 Å². The number of para-hydroxylation sites is 1. The van der Waals surface area contributed by atoms with Crippen LogP contribution in [0.25, 0.3) is 21.9 Å². The van der Waals surface area contributed by atoms with Crippen LogP contribution in [-0.4, -0.2) is 12.1 Å². The molecule has 0 N–H and O–H groups in total. The van der Waals surface area contributed by atoms with Crippen LogP contribution >= 0.6 is 0 Å². The monoisotopic (exact) mass is 588 g/mol. The summed E-state index contributed by atoms with van der Waals surface area (Å²) in [5.41, 5.74) is 8.59. The molecule has 1 aromatic heterocycles. The molecule has 3 nitrogen and oxygen atoms in total. The SMILES string of the molecule is C1=CCCC(N(c2ccc3c(c2)C2CC(C4CC=CCC4)C=CC2N3C2C=CC=CC2)c2cccc3oc4ccccc4c23)=C1. The summed E-state index contributed by atoms with van der Waals surface area (Å²) >= 11 is 0. The van der Waals surface area contributed by atoms with Crippen molar-refractivity contribution in [2.24, 2.45) is 11.8 Å². The molecule has 0 fully saturated rings. The second-order valence-corrected chi connectivity index (χ2v) is 13.4. The summed E-state index contributed by atoms with van der Waals surface area (Å²) in [5.74, 6) is 1.89. The van der Waals surface area contributed by atoms with E-state index in [1.54, 1.807) is 0 Å². The highest BCUT2D eigenvalue weighted by molar-refractivity contribution is 6.12. The molecule has 0 saturated carbocycles. The Hall–Kier alpha value is -4.50. The Morgan fingerprint density at radius 3 is 2.60 bits per heavy atom. The second kappa shape index (κ2) is 11.1. The van der Waals surface area contributed by atoms with Crippen molar-refractivity contribution in [3.8, 4) is 0 Å². The van der Waals surface area contributed by atoms with Crippen LogP contribution in [0.15, 0.2) is 138 Å². The Morgan fingerprint density at radius 2 is 1.73 bits per heavy atom. The molecule has 0 bridgehead atoms. The van der Waals surface area contributed by atoms with E-state index in [-0.39, 0.29) is 0 Å². The number of allylic oxidation sites excluding steroid dienone is 9. The first-order valence-electron chi connectivity index (χ1n) is 17.0. The molecule has 5 unspecified atom stereocenters. The van der Waals surface area contributed by atoms with E-state index in [0.29, 0.717) is 23.9 Å². The van der Waals surface area contributed by atoms with Gasteiger partial charge in [0.05, 0.1) is 23.2 Å². The largest absolute Gasteiger partial charge is 0.456 e. The van der Waals surface area contributed by atoms with Crippen LogP contribution in [0, 0.1) is 11.8 Å². The molecule has 2 heterocycles. The third-order valence-corrected chi connectivity index (χ3v) is 10.9. The van der Waals surface area contributed by atoms with Gasteiger partial charge in [0, 0.05) is 28.4 Å². The smallest absolute Gasteiger partial charge is 0.137 e. The molecule has 224 valence electrons. The molecule has 3 aromatic carbocycles. The summed E-state index contributed by atoms with van der Waals surface area (Å²) in [5, 5.41) is 2.36. The minimum absolute atomic E-state index is 0.391. The fraction of sp³-hybridized carbons (Fsp3) is 0.286. The van der Waals surface area contributed by atoms with E-state index in [1.165, 1.54) is 64.8 Å². The molecule has 0 radical (unpaired) electrons. The number of rotatable bonds is 5. The normalized spacial score (nSPS) is 26.8. The molecular formula is C42H40N2O. The summed E-state index contributed by atoms with van der Waals surface area (Å²) in [7, 11) is 0. The summed E-state index contributed by atoms with van der Waals surface area (Å²) in [6.07, 6.45) is 34.1. The number of anilines is 3. The van der Waals surface area contributed by atoms with Gasteiger partial charge < -0.3 is 14.2 Å². The lowest BCUT2D eigenvalue weighted by Gasteiger charge is -2.39. The van der Waals surface area contributed by atoms with Crippen molar-refractivity contribution in [3.63, 3.8) is 0 Å². The quantitative estimate of drug-likeness (QED) is 0.216. The third-order valence-electron chi connectivity index (χ3n) is 10.9. The van der Waals surface area contributed by atoms with Crippen LogP contribution in [0.2, 0.25) is 0 Å². The van der Waals surface area contributed by atoms with Gasteiger partial charge in [-0.1, -0.05) is 85.0 Å². The van der Waals surface area contributed by atoms with Crippen LogP contribution < -0.4 is 9.80 Å². The molecular weight excluding hydrogens is 548 g/mol. The van der Waals surface area contributed by atoms with Gasteiger partial charge in [-0.05, 0) is 105 Å². The highest BCUT2D eigenvalue weighted by Gasteiger charge is 2.43.